The van der Waals surface area contributed by atoms with Crippen LogP contribution in [0.25, 0.3) is 10.9 Å². The number of fused-ring (bicyclic) bond motifs is 1. The molecule has 0 aliphatic rings. The normalized spacial score (nSPS) is 10.8. The predicted molar refractivity (Wildman–Crippen MR) is 78.2 cm³/mol. The first-order valence-corrected chi connectivity index (χ1v) is 6.45. The van der Waals surface area contributed by atoms with Crippen LogP contribution in [0.4, 0.5) is 5.82 Å². The summed E-state index contributed by atoms with van der Waals surface area (Å²) in [6, 6.07) is 9.41. The van der Waals surface area contributed by atoms with Crippen molar-refractivity contribution in [2.75, 3.05) is 11.9 Å². The molecule has 0 atom stereocenters. The van der Waals surface area contributed by atoms with Crippen LogP contribution in [0, 0.1) is 0 Å². The number of hydrogen-bond donors (Lipinski definition) is 4. The first-order chi connectivity index (χ1) is 9.75. The number of aromatic carboxylic acids is 1. The van der Waals surface area contributed by atoms with Crippen molar-refractivity contribution in [2.45, 2.75) is 6.42 Å². The van der Waals surface area contributed by atoms with Gasteiger partial charge in [-0.3, -0.25) is 0 Å². The Morgan fingerprint density at radius 3 is 2.85 bits per heavy atom. The smallest absolute Gasteiger partial charge is 0.340 e. The molecule has 1 aromatic carbocycles. The van der Waals surface area contributed by atoms with Crippen molar-refractivity contribution in [3.63, 3.8) is 0 Å². The summed E-state index contributed by atoms with van der Waals surface area (Å²) in [5, 5.41) is 13.3. The fourth-order valence-corrected chi connectivity index (χ4v) is 2.34. The third-order valence-electron chi connectivity index (χ3n) is 3.30. The Bertz CT molecular complexity index is 729. The number of anilines is 1. The van der Waals surface area contributed by atoms with Crippen LogP contribution >= 0.6 is 0 Å². The van der Waals surface area contributed by atoms with Crippen LogP contribution in [0.15, 0.2) is 42.7 Å². The van der Waals surface area contributed by atoms with Crippen molar-refractivity contribution in [2.24, 2.45) is 0 Å². The second-order valence-electron chi connectivity index (χ2n) is 4.62. The van der Waals surface area contributed by atoms with Crippen LogP contribution in [0.2, 0.25) is 0 Å². The molecule has 0 aliphatic carbocycles. The van der Waals surface area contributed by atoms with Gasteiger partial charge in [-0.15, -0.1) is 0 Å². The molecular weight excluding hydrogens is 254 g/mol. The minimum absolute atomic E-state index is 0.301. The molecular formula is C15H15N3O2. The number of aromatic amines is 2. The van der Waals surface area contributed by atoms with Crippen LogP contribution in [-0.2, 0) is 6.42 Å². The van der Waals surface area contributed by atoms with Crippen molar-refractivity contribution >= 4 is 22.7 Å². The van der Waals surface area contributed by atoms with E-state index in [2.05, 4.69) is 15.3 Å². The quantitative estimate of drug-likeness (QED) is 0.575. The van der Waals surface area contributed by atoms with E-state index in [0.29, 0.717) is 17.9 Å². The Kier molecular flexibility index (Phi) is 3.16. The highest BCUT2D eigenvalue weighted by Gasteiger charge is 2.16. The van der Waals surface area contributed by atoms with Gasteiger partial charge in [0.25, 0.3) is 0 Å². The van der Waals surface area contributed by atoms with Gasteiger partial charge in [-0.2, -0.15) is 0 Å². The maximum Gasteiger partial charge on any atom is 0.340 e. The average Bonchev–Trinajstić information content (AvgIpc) is 3.05. The second kappa shape index (κ2) is 5.13. The molecule has 5 nitrogen and oxygen atoms in total. The van der Waals surface area contributed by atoms with E-state index < -0.39 is 5.97 Å². The molecule has 20 heavy (non-hydrogen) atoms. The average molecular weight is 269 g/mol. The Morgan fingerprint density at radius 1 is 1.25 bits per heavy atom. The van der Waals surface area contributed by atoms with Crippen LogP contribution in [0.5, 0.6) is 0 Å². The Morgan fingerprint density at radius 2 is 2.10 bits per heavy atom. The summed E-state index contributed by atoms with van der Waals surface area (Å²) in [6.07, 6.45) is 4.64. The van der Waals surface area contributed by atoms with Crippen molar-refractivity contribution in [1.29, 1.82) is 0 Å². The number of carboxylic acid groups (broad SMARTS) is 1. The molecule has 0 unspecified atom stereocenters. The molecule has 0 fully saturated rings. The predicted octanol–water partition coefficient (Wildman–Crippen LogP) is 2.85. The van der Waals surface area contributed by atoms with Crippen molar-refractivity contribution in [1.82, 2.24) is 9.97 Å². The van der Waals surface area contributed by atoms with Gasteiger partial charge in [0.2, 0.25) is 0 Å². The van der Waals surface area contributed by atoms with Gasteiger partial charge >= 0.3 is 5.97 Å². The molecule has 102 valence electrons. The summed E-state index contributed by atoms with van der Waals surface area (Å²) < 4.78 is 0. The minimum Gasteiger partial charge on any atom is -0.478 e. The van der Waals surface area contributed by atoms with Gasteiger partial charge in [0.05, 0.1) is 0 Å². The maximum absolute atomic E-state index is 11.4. The number of rotatable bonds is 5. The minimum atomic E-state index is -0.924. The highest BCUT2D eigenvalue weighted by atomic mass is 16.4. The molecule has 0 radical (unpaired) electrons. The highest BCUT2D eigenvalue weighted by Crippen LogP contribution is 2.26. The van der Waals surface area contributed by atoms with Crippen LogP contribution < -0.4 is 5.32 Å². The van der Waals surface area contributed by atoms with E-state index in [1.807, 2.05) is 42.7 Å². The molecule has 0 spiro atoms. The number of hydrogen-bond acceptors (Lipinski definition) is 2. The number of benzene rings is 1. The van der Waals surface area contributed by atoms with Crippen molar-refractivity contribution in [3.8, 4) is 0 Å². The zero-order chi connectivity index (χ0) is 13.9. The molecule has 2 heterocycles. The Labute approximate surface area is 115 Å². The van der Waals surface area contributed by atoms with Crippen LogP contribution in [0.1, 0.15) is 15.9 Å². The summed E-state index contributed by atoms with van der Waals surface area (Å²) in [4.78, 5) is 17.5. The topological polar surface area (TPSA) is 80.9 Å². The van der Waals surface area contributed by atoms with Crippen molar-refractivity contribution in [3.05, 3.63) is 53.9 Å². The number of para-hydroxylation sites is 1. The molecule has 0 aliphatic heterocycles. The molecule has 5 heteroatoms. The lowest BCUT2D eigenvalue weighted by atomic mass is 10.1. The third kappa shape index (κ3) is 2.25. The number of aromatic nitrogens is 2. The summed E-state index contributed by atoms with van der Waals surface area (Å²) in [7, 11) is 0. The van der Waals surface area contributed by atoms with Gasteiger partial charge in [-0.05, 0) is 24.1 Å². The summed E-state index contributed by atoms with van der Waals surface area (Å²) in [5.74, 6) is -0.360. The Balaban J connectivity index is 1.83. The lowest BCUT2D eigenvalue weighted by Crippen LogP contribution is -2.08. The van der Waals surface area contributed by atoms with Gasteiger partial charge in [0.15, 0.2) is 0 Å². The summed E-state index contributed by atoms with van der Waals surface area (Å²) >= 11 is 0. The first kappa shape index (κ1) is 12.3. The standard InChI is InChI=1S/C15H15N3O2/c19-15(20)13-11-3-1-2-4-12(11)18-14(13)17-8-6-10-5-7-16-9-10/h1-5,7,9,16-18H,6,8H2,(H,19,20). The molecule has 0 bridgehead atoms. The van der Waals surface area contributed by atoms with Crippen LogP contribution in [0.3, 0.4) is 0 Å². The number of carbonyl (C=O) groups is 1. The maximum atomic E-state index is 11.4. The largest absolute Gasteiger partial charge is 0.478 e. The summed E-state index contributed by atoms with van der Waals surface area (Å²) in [5.41, 5.74) is 2.31. The fourth-order valence-electron chi connectivity index (χ4n) is 2.34. The third-order valence-corrected chi connectivity index (χ3v) is 3.30. The molecule has 2 aromatic heterocycles. The number of H-pyrrole nitrogens is 2. The van der Waals surface area contributed by atoms with Gasteiger partial charge in [-0.25, -0.2) is 4.79 Å². The molecule has 4 N–H and O–H groups in total. The molecule has 0 saturated carbocycles. The zero-order valence-corrected chi connectivity index (χ0v) is 10.8. The van der Waals surface area contributed by atoms with Gasteiger partial charge in [0.1, 0.15) is 11.4 Å². The van der Waals surface area contributed by atoms with Gasteiger partial charge in [0, 0.05) is 29.8 Å². The van der Waals surface area contributed by atoms with E-state index in [4.69, 9.17) is 0 Å². The molecule has 3 aromatic rings. The SMILES string of the molecule is O=C(O)c1c(NCCc2cc[nH]c2)[nH]c2ccccc12. The van der Waals surface area contributed by atoms with E-state index in [0.717, 1.165) is 17.3 Å². The van der Waals surface area contributed by atoms with E-state index in [1.54, 1.807) is 0 Å². The number of carboxylic acids is 1. The lowest BCUT2D eigenvalue weighted by molar-refractivity contribution is 0.0700. The Hall–Kier alpha value is -2.69. The molecule has 3 rings (SSSR count). The fraction of sp³-hybridized carbons (Fsp3) is 0.133. The van der Waals surface area contributed by atoms with Gasteiger partial charge in [-0.1, -0.05) is 18.2 Å². The van der Waals surface area contributed by atoms with Gasteiger partial charge < -0.3 is 20.4 Å². The van der Waals surface area contributed by atoms with E-state index >= 15 is 0 Å². The lowest BCUT2D eigenvalue weighted by Gasteiger charge is -2.04. The van der Waals surface area contributed by atoms with E-state index in [9.17, 15) is 9.90 Å². The molecule has 0 saturated heterocycles. The monoisotopic (exact) mass is 269 g/mol. The highest BCUT2D eigenvalue weighted by molar-refractivity contribution is 6.08. The second-order valence-corrected chi connectivity index (χ2v) is 4.62. The van der Waals surface area contributed by atoms with E-state index in [-0.39, 0.29) is 0 Å². The summed E-state index contributed by atoms with van der Waals surface area (Å²) in [6.45, 7) is 0.672. The zero-order valence-electron chi connectivity index (χ0n) is 10.8. The first-order valence-electron chi connectivity index (χ1n) is 6.45. The van der Waals surface area contributed by atoms with E-state index in [1.165, 1.54) is 5.56 Å². The molecule has 0 amide bonds. The van der Waals surface area contributed by atoms with Crippen LogP contribution in [-0.4, -0.2) is 27.6 Å². The van der Waals surface area contributed by atoms with Crippen molar-refractivity contribution < 1.29 is 9.90 Å². The number of nitrogens with one attached hydrogen (secondary N) is 3.